The van der Waals surface area contributed by atoms with Crippen LogP contribution in [0, 0.1) is 11.8 Å². The van der Waals surface area contributed by atoms with Crippen LogP contribution < -0.4 is 19.7 Å². The number of nitrogens with one attached hydrogen (secondary N) is 1. The zero-order valence-electron chi connectivity index (χ0n) is 19.6. The molecule has 35 heavy (non-hydrogen) atoms. The van der Waals surface area contributed by atoms with Gasteiger partial charge in [0.15, 0.2) is 11.5 Å². The Balaban J connectivity index is 1.19. The van der Waals surface area contributed by atoms with Crippen LogP contribution in [0.2, 0.25) is 0 Å². The van der Waals surface area contributed by atoms with E-state index in [4.69, 9.17) is 9.47 Å². The maximum atomic E-state index is 13.0. The topological polar surface area (TPSA) is 105 Å². The standard InChI is InChI=1S/C25H29N3O6S/c1-17-8-10-27(11-9-17)35(31,32)21-5-3-20(4-6-21)28-15-19(13-24(28)29)25(30)26-14-18-2-7-22-23(12-18)34-16-33-22/h2-7,12,17,19H,8-11,13-16H2,1H3,(H,26,30)/t19-/m0/s1. The highest BCUT2D eigenvalue weighted by molar-refractivity contribution is 7.89. The zero-order valence-corrected chi connectivity index (χ0v) is 20.4. The molecule has 0 unspecified atom stereocenters. The van der Waals surface area contributed by atoms with Gasteiger partial charge in [0, 0.05) is 38.3 Å². The summed E-state index contributed by atoms with van der Waals surface area (Å²) < 4.78 is 38.1. The van der Waals surface area contributed by atoms with Gasteiger partial charge in [0.25, 0.3) is 0 Å². The SMILES string of the molecule is CC1CCN(S(=O)(=O)c2ccc(N3C[C@@H](C(=O)NCc4ccc5c(c4)OCO5)CC3=O)cc2)CC1. The van der Waals surface area contributed by atoms with E-state index >= 15 is 0 Å². The van der Waals surface area contributed by atoms with Crippen molar-refractivity contribution < 1.29 is 27.5 Å². The highest BCUT2D eigenvalue weighted by atomic mass is 32.2. The molecule has 1 atom stereocenters. The molecule has 9 nitrogen and oxygen atoms in total. The van der Waals surface area contributed by atoms with Crippen LogP contribution in [0.3, 0.4) is 0 Å². The van der Waals surface area contributed by atoms with Gasteiger partial charge in [-0.25, -0.2) is 8.42 Å². The van der Waals surface area contributed by atoms with Crippen LogP contribution in [0.25, 0.3) is 0 Å². The van der Waals surface area contributed by atoms with Crippen LogP contribution in [-0.4, -0.2) is 51.0 Å². The minimum absolute atomic E-state index is 0.110. The minimum atomic E-state index is -3.55. The van der Waals surface area contributed by atoms with Crippen LogP contribution in [0.15, 0.2) is 47.4 Å². The normalized spacial score (nSPS) is 20.9. The van der Waals surface area contributed by atoms with Crippen molar-refractivity contribution in [2.75, 3.05) is 31.3 Å². The number of rotatable bonds is 6. The van der Waals surface area contributed by atoms with E-state index in [2.05, 4.69) is 12.2 Å². The molecule has 3 heterocycles. The lowest BCUT2D eigenvalue weighted by Gasteiger charge is -2.29. The highest BCUT2D eigenvalue weighted by Gasteiger charge is 2.35. The van der Waals surface area contributed by atoms with Crippen molar-refractivity contribution in [3.8, 4) is 11.5 Å². The summed E-state index contributed by atoms with van der Waals surface area (Å²) in [5.41, 5.74) is 1.47. The first kappa shape index (κ1) is 23.6. The molecular formula is C25H29N3O6S. The van der Waals surface area contributed by atoms with Crippen LogP contribution in [0.4, 0.5) is 5.69 Å². The molecule has 3 aliphatic heterocycles. The second kappa shape index (κ2) is 9.50. The number of carbonyl (C=O) groups is 2. The molecule has 1 N–H and O–H groups in total. The Morgan fingerprint density at radius 1 is 1.06 bits per heavy atom. The molecule has 0 radical (unpaired) electrons. The summed E-state index contributed by atoms with van der Waals surface area (Å²) >= 11 is 0. The van der Waals surface area contributed by atoms with Gasteiger partial charge in [-0.2, -0.15) is 4.31 Å². The Hall–Kier alpha value is -3.11. The summed E-state index contributed by atoms with van der Waals surface area (Å²) in [5, 5.41) is 2.89. The Kier molecular flexibility index (Phi) is 6.41. The molecule has 186 valence electrons. The smallest absolute Gasteiger partial charge is 0.243 e. The van der Waals surface area contributed by atoms with Crippen LogP contribution in [-0.2, 0) is 26.2 Å². The molecule has 3 aliphatic rings. The van der Waals surface area contributed by atoms with Gasteiger partial charge in [0.2, 0.25) is 28.6 Å². The molecule has 2 saturated heterocycles. The maximum Gasteiger partial charge on any atom is 0.243 e. The van der Waals surface area contributed by atoms with Gasteiger partial charge in [-0.05, 0) is 60.7 Å². The number of nitrogens with zero attached hydrogens (tertiary/aromatic N) is 2. The average Bonchev–Trinajstić information content (AvgIpc) is 3.49. The van der Waals surface area contributed by atoms with Crippen molar-refractivity contribution >= 4 is 27.5 Å². The fourth-order valence-electron chi connectivity index (χ4n) is 4.69. The largest absolute Gasteiger partial charge is 0.454 e. The molecule has 10 heteroatoms. The molecule has 2 aromatic rings. The number of anilines is 1. The third-order valence-electron chi connectivity index (χ3n) is 6.93. The third-order valence-corrected chi connectivity index (χ3v) is 8.84. The number of piperidine rings is 1. The monoisotopic (exact) mass is 499 g/mol. The third kappa shape index (κ3) is 4.85. The van der Waals surface area contributed by atoms with E-state index < -0.39 is 15.9 Å². The number of amides is 2. The molecule has 2 aromatic carbocycles. The molecule has 5 rings (SSSR count). The molecule has 0 aromatic heterocycles. The fraction of sp³-hybridized carbons (Fsp3) is 0.440. The van der Waals surface area contributed by atoms with E-state index in [1.54, 1.807) is 35.2 Å². The van der Waals surface area contributed by atoms with E-state index in [9.17, 15) is 18.0 Å². The predicted octanol–water partition coefficient (Wildman–Crippen LogP) is 2.51. The average molecular weight is 500 g/mol. The fourth-order valence-corrected chi connectivity index (χ4v) is 6.16. The van der Waals surface area contributed by atoms with Gasteiger partial charge in [-0.3, -0.25) is 9.59 Å². The van der Waals surface area contributed by atoms with Crippen molar-refractivity contribution in [3.05, 3.63) is 48.0 Å². The number of fused-ring (bicyclic) bond motifs is 1. The molecule has 0 bridgehead atoms. The Bertz CT molecular complexity index is 1220. The second-order valence-corrected chi connectivity index (χ2v) is 11.3. The summed E-state index contributed by atoms with van der Waals surface area (Å²) in [6, 6.07) is 11.9. The van der Waals surface area contributed by atoms with Crippen LogP contribution in [0.1, 0.15) is 31.7 Å². The Morgan fingerprint density at radius 3 is 2.51 bits per heavy atom. The molecule has 2 fully saturated rings. The van der Waals surface area contributed by atoms with Crippen LogP contribution >= 0.6 is 0 Å². The maximum absolute atomic E-state index is 13.0. The first-order valence-corrected chi connectivity index (χ1v) is 13.3. The molecular weight excluding hydrogens is 470 g/mol. The van der Waals surface area contributed by atoms with E-state index in [0.717, 1.165) is 18.4 Å². The van der Waals surface area contributed by atoms with Gasteiger partial charge in [-0.15, -0.1) is 0 Å². The van der Waals surface area contributed by atoms with Crippen molar-refractivity contribution in [3.63, 3.8) is 0 Å². The van der Waals surface area contributed by atoms with E-state index in [1.807, 2.05) is 12.1 Å². The predicted molar refractivity (Wildman–Crippen MR) is 128 cm³/mol. The van der Waals surface area contributed by atoms with Crippen molar-refractivity contribution in [2.45, 2.75) is 37.6 Å². The molecule has 0 saturated carbocycles. The Labute approximate surface area is 205 Å². The highest BCUT2D eigenvalue weighted by Crippen LogP contribution is 2.33. The summed E-state index contributed by atoms with van der Waals surface area (Å²) in [6.07, 6.45) is 1.83. The van der Waals surface area contributed by atoms with E-state index in [0.29, 0.717) is 42.7 Å². The van der Waals surface area contributed by atoms with Gasteiger partial charge in [-0.1, -0.05) is 13.0 Å². The second-order valence-electron chi connectivity index (χ2n) is 9.39. The van der Waals surface area contributed by atoms with Crippen molar-refractivity contribution in [2.24, 2.45) is 11.8 Å². The van der Waals surface area contributed by atoms with Crippen molar-refractivity contribution in [1.82, 2.24) is 9.62 Å². The lowest BCUT2D eigenvalue weighted by Crippen LogP contribution is -2.37. The molecule has 0 aliphatic carbocycles. The van der Waals surface area contributed by atoms with Gasteiger partial charge < -0.3 is 19.7 Å². The van der Waals surface area contributed by atoms with E-state index in [1.165, 1.54) is 4.31 Å². The van der Waals surface area contributed by atoms with Gasteiger partial charge in [0.05, 0.1) is 10.8 Å². The quantitative estimate of drug-likeness (QED) is 0.655. The number of hydrogen-bond donors (Lipinski definition) is 1. The number of sulfonamides is 1. The first-order chi connectivity index (χ1) is 16.8. The van der Waals surface area contributed by atoms with Gasteiger partial charge in [0.1, 0.15) is 0 Å². The van der Waals surface area contributed by atoms with Gasteiger partial charge >= 0.3 is 0 Å². The zero-order chi connectivity index (χ0) is 24.6. The summed E-state index contributed by atoms with van der Waals surface area (Å²) in [6.45, 7) is 3.95. The van der Waals surface area contributed by atoms with Crippen LogP contribution in [0.5, 0.6) is 11.5 Å². The first-order valence-electron chi connectivity index (χ1n) is 11.9. The van der Waals surface area contributed by atoms with Crippen molar-refractivity contribution in [1.29, 1.82) is 0 Å². The molecule has 2 amide bonds. The summed E-state index contributed by atoms with van der Waals surface area (Å²) in [5.74, 6) is 1.04. The summed E-state index contributed by atoms with van der Waals surface area (Å²) in [4.78, 5) is 27.1. The molecule has 0 spiro atoms. The number of ether oxygens (including phenoxy) is 2. The minimum Gasteiger partial charge on any atom is -0.454 e. The van der Waals surface area contributed by atoms with E-state index in [-0.39, 0.29) is 36.5 Å². The lowest BCUT2D eigenvalue weighted by atomic mass is 10.0. The Morgan fingerprint density at radius 2 is 1.77 bits per heavy atom. The number of hydrogen-bond acceptors (Lipinski definition) is 6. The summed E-state index contributed by atoms with van der Waals surface area (Å²) in [7, 11) is -3.55. The number of carbonyl (C=O) groups excluding carboxylic acids is 2. The number of benzene rings is 2. The lowest BCUT2D eigenvalue weighted by molar-refractivity contribution is -0.126.